The van der Waals surface area contributed by atoms with Crippen molar-refractivity contribution in [1.82, 2.24) is 0 Å². The van der Waals surface area contributed by atoms with Gasteiger partial charge in [0.15, 0.2) is 0 Å². The van der Waals surface area contributed by atoms with Gasteiger partial charge in [-0.05, 0) is 37.5 Å². The summed E-state index contributed by atoms with van der Waals surface area (Å²) in [5, 5.41) is 0. The first-order chi connectivity index (χ1) is 7.09. The van der Waals surface area contributed by atoms with Gasteiger partial charge in [-0.2, -0.15) is 0 Å². The van der Waals surface area contributed by atoms with Crippen LogP contribution in [0.3, 0.4) is 0 Å². The van der Waals surface area contributed by atoms with Crippen molar-refractivity contribution in [2.24, 2.45) is 17.8 Å². The topological polar surface area (TPSA) is 18.5 Å². The van der Waals surface area contributed by atoms with E-state index < -0.39 is 9.28 Å². The first kappa shape index (κ1) is 11.6. The van der Waals surface area contributed by atoms with Crippen LogP contribution in [0.1, 0.15) is 19.8 Å². The lowest BCUT2D eigenvalue weighted by Gasteiger charge is -2.36. The molecule has 2 bridgehead atoms. The molecule has 0 amide bonds. The molecule has 4 heteroatoms. The minimum absolute atomic E-state index is 0.284. The fourth-order valence-electron chi connectivity index (χ4n) is 3.16. The quantitative estimate of drug-likeness (QED) is 0.430. The molecule has 2 aliphatic carbocycles. The molecule has 4 unspecified atom stereocenters. The Hall–Kier alpha value is 0.167. The van der Waals surface area contributed by atoms with Crippen LogP contribution < -0.4 is 0 Å². The maximum absolute atomic E-state index is 6.68. The summed E-state index contributed by atoms with van der Waals surface area (Å²) in [6.07, 6.45) is 7.15. The highest BCUT2D eigenvalue weighted by molar-refractivity contribution is 6.62. The molecule has 2 aliphatic rings. The Bertz CT molecular complexity index is 263. The Morgan fingerprint density at radius 2 is 1.93 bits per heavy atom. The van der Waals surface area contributed by atoms with E-state index >= 15 is 0 Å². The van der Waals surface area contributed by atoms with E-state index in [2.05, 4.69) is 19.1 Å². The summed E-state index contributed by atoms with van der Waals surface area (Å²) in [6, 6.07) is 0. The molecule has 0 aromatic heterocycles. The third kappa shape index (κ3) is 1.91. The molecule has 0 aliphatic heterocycles. The molecule has 1 fully saturated rings. The molecule has 0 heterocycles. The summed E-state index contributed by atoms with van der Waals surface area (Å²) >= 11 is 6.68. The Labute approximate surface area is 98.4 Å². The van der Waals surface area contributed by atoms with Gasteiger partial charge in [-0.1, -0.05) is 12.2 Å². The normalized spacial score (nSPS) is 37.5. The number of alkyl halides is 1. The molecule has 0 spiro atoms. The molecule has 0 aromatic carbocycles. The van der Waals surface area contributed by atoms with E-state index in [1.54, 1.807) is 14.2 Å². The molecule has 0 saturated heterocycles. The molecule has 2 rings (SSSR count). The van der Waals surface area contributed by atoms with E-state index in [1.807, 2.05) is 0 Å². The van der Waals surface area contributed by atoms with E-state index in [-0.39, 0.29) is 4.50 Å². The third-order valence-electron chi connectivity index (χ3n) is 3.89. The van der Waals surface area contributed by atoms with Crippen LogP contribution in [0.5, 0.6) is 0 Å². The smallest absolute Gasteiger partial charge is 0.342 e. The van der Waals surface area contributed by atoms with Crippen molar-refractivity contribution in [1.29, 1.82) is 0 Å². The van der Waals surface area contributed by atoms with Gasteiger partial charge in [0.05, 0.1) is 4.50 Å². The second-order valence-electron chi connectivity index (χ2n) is 4.84. The maximum atomic E-state index is 6.68. The highest BCUT2D eigenvalue weighted by atomic mass is 35.5. The Morgan fingerprint density at radius 1 is 1.27 bits per heavy atom. The van der Waals surface area contributed by atoms with Gasteiger partial charge in [-0.15, -0.1) is 11.6 Å². The molecule has 0 radical (unpaired) electrons. The SMILES string of the molecule is CO[SiH](OC)C(C)(Cl)C1CC2C=CC1C2. The molecule has 2 nitrogen and oxygen atoms in total. The summed E-state index contributed by atoms with van der Waals surface area (Å²) in [7, 11) is 1.67. The zero-order valence-corrected chi connectivity index (χ0v) is 11.5. The fourth-order valence-corrected chi connectivity index (χ4v) is 5.79. The first-order valence-corrected chi connectivity index (χ1v) is 7.42. The number of hydrogen-bond donors (Lipinski definition) is 0. The van der Waals surface area contributed by atoms with Gasteiger partial charge in [0.25, 0.3) is 0 Å². The fraction of sp³-hybridized carbons (Fsp3) is 0.818. The highest BCUT2D eigenvalue weighted by Crippen LogP contribution is 2.50. The van der Waals surface area contributed by atoms with Gasteiger partial charge in [-0.25, -0.2) is 0 Å². The summed E-state index contributed by atoms with van der Waals surface area (Å²) in [6.45, 7) is 2.09. The number of rotatable bonds is 4. The lowest BCUT2D eigenvalue weighted by molar-refractivity contribution is 0.235. The van der Waals surface area contributed by atoms with Gasteiger partial charge in [-0.3, -0.25) is 0 Å². The third-order valence-corrected chi connectivity index (χ3v) is 6.91. The van der Waals surface area contributed by atoms with Crippen LogP contribution >= 0.6 is 11.6 Å². The first-order valence-electron chi connectivity index (χ1n) is 5.52. The lowest BCUT2D eigenvalue weighted by atomic mass is 9.90. The highest BCUT2D eigenvalue weighted by Gasteiger charge is 2.51. The van der Waals surface area contributed by atoms with E-state index in [1.165, 1.54) is 12.8 Å². The Kier molecular flexibility index (Phi) is 3.27. The molecule has 0 aromatic rings. The van der Waals surface area contributed by atoms with E-state index in [9.17, 15) is 0 Å². The van der Waals surface area contributed by atoms with Crippen molar-refractivity contribution < 1.29 is 8.85 Å². The molecule has 1 saturated carbocycles. The standard InChI is InChI=1S/C11H19ClO2Si/c1-11(12,15(13-2)14-3)10-7-8-4-5-9(10)6-8/h4-5,8-10,15H,6-7H2,1-3H3. The van der Waals surface area contributed by atoms with Crippen molar-refractivity contribution >= 4 is 20.9 Å². The van der Waals surface area contributed by atoms with Crippen molar-refractivity contribution in [2.75, 3.05) is 14.2 Å². The van der Waals surface area contributed by atoms with E-state index in [0.717, 1.165) is 5.92 Å². The summed E-state index contributed by atoms with van der Waals surface area (Å²) in [4.78, 5) is 0. The average Bonchev–Trinajstić information content (AvgIpc) is 2.80. The molecule has 0 N–H and O–H groups in total. The van der Waals surface area contributed by atoms with Crippen LogP contribution in [-0.2, 0) is 8.85 Å². The largest absolute Gasteiger partial charge is 0.399 e. The molecule has 86 valence electrons. The molecular formula is C11H19ClO2Si. The van der Waals surface area contributed by atoms with Gasteiger partial charge in [0.1, 0.15) is 0 Å². The number of hydrogen-bond acceptors (Lipinski definition) is 2. The number of fused-ring (bicyclic) bond motifs is 2. The van der Waals surface area contributed by atoms with Crippen molar-refractivity contribution in [2.45, 2.75) is 24.3 Å². The maximum Gasteiger partial charge on any atom is 0.342 e. The van der Waals surface area contributed by atoms with Gasteiger partial charge in [0.2, 0.25) is 0 Å². The summed E-state index contributed by atoms with van der Waals surface area (Å²) in [5.41, 5.74) is 0. The van der Waals surface area contributed by atoms with Crippen molar-refractivity contribution in [3.63, 3.8) is 0 Å². The van der Waals surface area contributed by atoms with Crippen molar-refractivity contribution in [3.05, 3.63) is 12.2 Å². The summed E-state index contributed by atoms with van der Waals surface area (Å²) in [5.74, 6) is 1.94. The van der Waals surface area contributed by atoms with E-state index in [0.29, 0.717) is 11.8 Å². The molecular weight excluding hydrogens is 228 g/mol. The predicted octanol–water partition coefficient (Wildman–Crippen LogP) is 2.25. The van der Waals surface area contributed by atoms with Crippen LogP contribution in [0.15, 0.2) is 12.2 Å². The second kappa shape index (κ2) is 4.21. The zero-order valence-electron chi connectivity index (χ0n) is 9.57. The van der Waals surface area contributed by atoms with Crippen molar-refractivity contribution in [3.8, 4) is 0 Å². The number of allylic oxidation sites excluding steroid dienone is 2. The average molecular weight is 247 g/mol. The Morgan fingerprint density at radius 3 is 2.33 bits per heavy atom. The van der Waals surface area contributed by atoms with Gasteiger partial charge in [0, 0.05) is 14.2 Å². The monoisotopic (exact) mass is 246 g/mol. The second-order valence-corrected chi connectivity index (χ2v) is 8.83. The minimum atomic E-state index is -1.75. The number of halogens is 1. The van der Waals surface area contributed by atoms with Gasteiger partial charge >= 0.3 is 9.28 Å². The molecule has 4 atom stereocenters. The minimum Gasteiger partial charge on any atom is -0.399 e. The zero-order chi connectivity index (χ0) is 11.1. The van der Waals surface area contributed by atoms with Crippen LogP contribution in [-0.4, -0.2) is 28.0 Å². The lowest BCUT2D eigenvalue weighted by Crippen LogP contribution is -2.49. The van der Waals surface area contributed by atoms with Crippen LogP contribution in [0.2, 0.25) is 0 Å². The van der Waals surface area contributed by atoms with Crippen LogP contribution in [0.25, 0.3) is 0 Å². The van der Waals surface area contributed by atoms with Crippen LogP contribution in [0.4, 0.5) is 0 Å². The van der Waals surface area contributed by atoms with Gasteiger partial charge < -0.3 is 8.85 Å². The van der Waals surface area contributed by atoms with Crippen LogP contribution in [0, 0.1) is 17.8 Å². The Balaban J connectivity index is 2.12. The summed E-state index contributed by atoms with van der Waals surface area (Å²) < 4.78 is 10.6. The molecule has 15 heavy (non-hydrogen) atoms. The predicted molar refractivity (Wildman–Crippen MR) is 64.3 cm³/mol. The van der Waals surface area contributed by atoms with E-state index in [4.69, 9.17) is 20.5 Å².